The maximum atomic E-state index is 13.6. The van der Waals surface area contributed by atoms with Crippen LogP contribution in [0.25, 0.3) is 11.2 Å². The number of urea groups is 1. The van der Waals surface area contributed by atoms with Crippen LogP contribution in [0.3, 0.4) is 0 Å². The van der Waals surface area contributed by atoms with Crippen molar-refractivity contribution in [3.05, 3.63) is 94.2 Å². The lowest BCUT2D eigenvalue weighted by Gasteiger charge is -2.33. The van der Waals surface area contributed by atoms with Crippen LogP contribution in [0, 0.1) is 12.7 Å². The fourth-order valence-corrected chi connectivity index (χ4v) is 4.41. The normalized spacial score (nSPS) is 14.1. The lowest BCUT2D eigenvalue weighted by Crippen LogP contribution is -2.47. The van der Waals surface area contributed by atoms with E-state index in [1.807, 2.05) is 48.2 Å². The number of rotatable bonds is 5. The van der Waals surface area contributed by atoms with Crippen LogP contribution in [0.2, 0.25) is 0 Å². The molecule has 1 aliphatic heterocycles. The summed E-state index contributed by atoms with van der Waals surface area (Å²) in [6.07, 6.45) is 3.00. The van der Waals surface area contributed by atoms with Gasteiger partial charge < -0.3 is 15.5 Å². The van der Waals surface area contributed by atoms with Crippen molar-refractivity contribution >= 4 is 28.7 Å². The van der Waals surface area contributed by atoms with Crippen LogP contribution < -0.4 is 21.1 Å². The summed E-state index contributed by atoms with van der Waals surface area (Å²) >= 11 is 0. The molecule has 2 aromatic carbocycles. The number of fused-ring (bicyclic) bond motifs is 1. The maximum Gasteiger partial charge on any atom is 0.319 e. The van der Waals surface area contributed by atoms with Crippen LogP contribution in [0.5, 0.6) is 0 Å². The van der Waals surface area contributed by atoms with E-state index in [2.05, 4.69) is 20.6 Å². The molecule has 0 aliphatic carbocycles. The molecule has 184 valence electrons. The summed E-state index contributed by atoms with van der Waals surface area (Å²) in [6.45, 7) is 3.60. The van der Waals surface area contributed by atoms with Crippen LogP contribution in [-0.2, 0) is 6.54 Å². The molecule has 0 bridgehead atoms. The summed E-state index contributed by atoms with van der Waals surface area (Å²) in [4.78, 5) is 37.0. The Bertz CT molecular complexity index is 1430. The number of hydrogen-bond acceptors (Lipinski definition) is 5. The highest BCUT2D eigenvalue weighted by Crippen LogP contribution is 2.19. The van der Waals surface area contributed by atoms with Crippen LogP contribution in [0.4, 0.5) is 20.7 Å². The third kappa shape index (κ3) is 5.19. The van der Waals surface area contributed by atoms with Gasteiger partial charge in [0.15, 0.2) is 11.5 Å². The quantitative estimate of drug-likeness (QED) is 0.444. The molecule has 0 unspecified atom stereocenters. The van der Waals surface area contributed by atoms with Gasteiger partial charge in [-0.2, -0.15) is 0 Å². The Morgan fingerprint density at radius 1 is 1.06 bits per heavy atom. The van der Waals surface area contributed by atoms with Gasteiger partial charge in [0.1, 0.15) is 11.3 Å². The van der Waals surface area contributed by atoms with Gasteiger partial charge in [-0.25, -0.2) is 19.2 Å². The molecule has 1 fully saturated rings. The first-order chi connectivity index (χ1) is 17.5. The highest BCUT2D eigenvalue weighted by molar-refractivity contribution is 5.89. The molecule has 1 aliphatic rings. The highest BCUT2D eigenvalue weighted by Gasteiger charge is 2.25. The number of benzene rings is 2. The number of halogens is 1. The average Bonchev–Trinajstić information content (AvgIpc) is 2.88. The second-order valence-electron chi connectivity index (χ2n) is 9.03. The number of nitrogens with zero attached hydrogens (tertiary/aromatic N) is 4. The van der Waals surface area contributed by atoms with Crippen LogP contribution in [0.15, 0.2) is 71.7 Å². The van der Waals surface area contributed by atoms with Crippen molar-refractivity contribution in [1.29, 1.82) is 0 Å². The zero-order valence-corrected chi connectivity index (χ0v) is 19.9. The first-order valence-corrected chi connectivity index (χ1v) is 12.0. The van der Waals surface area contributed by atoms with Crippen molar-refractivity contribution < 1.29 is 9.18 Å². The minimum atomic E-state index is -0.357. The first kappa shape index (κ1) is 23.5. The summed E-state index contributed by atoms with van der Waals surface area (Å²) in [7, 11) is 0. The van der Waals surface area contributed by atoms with Crippen molar-refractivity contribution in [2.75, 3.05) is 23.3 Å². The lowest BCUT2D eigenvalue weighted by atomic mass is 10.1. The van der Waals surface area contributed by atoms with E-state index in [4.69, 9.17) is 0 Å². The smallest absolute Gasteiger partial charge is 0.319 e. The molecule has 2 aromatic heterocycles. The Hall–Kier alpha value is -4.27. The third-order valence-corrected chi connectivity index (χ3v) is 6.38. The fraction of sp³-hybridized carbons (Fsp3) is 0.259. The van der Waals surface area contributed by atoms with E-state index in [9.17, 15) is 14.0 Å². The number of anilines is 2. The first-order valence-electron chi connectivity index (χ1n) is 12.0. The number of nitrogens with one attached hydrogen (secondary N) is 2. The molecule has 4 aromatic rings. The summed E-state index contributed by atoms with van der Waals surface area (Å²) in [5, 5.41) is 5.68. The molecule has 0 atom stereocenters. The molecule has 5 rings (SSSR count). The number of carbonyl (C=O) groups excluding carboxylic acids is 1. The van der Waals surface area contributed by atoms with Crippen molar-refractivity contribution in [3.8, 4) is 0 Å². The average molecular weight is 487 g/mol. The molecule has 8 nitrogen and oxygen atoms in total. The van der Waals surface area contributed by atoms with Gasteiger partial charge in [-0.15, -0.1) is 0 Å². The molecule has 2 N–H and O–H groups in total. The zero-order valence-electron chi connectivity index (χ0n) is 19.9. The molecule has 2 amide bonds. The minimum Gasteiger partial charge on any atom is -0.352 e. The molecular formula is C27H27FN6O2. The van der Waals surface area contributed by atoms with Crippen molar-refractivity contribution in [1.82, 2.24) is 19.9 Å². The number of aryl methyl sites for hydroxylation is 1. The highest BCUT2D eigenvalue weighted by atomic mass is 19.1. The second-order valence-corrected chi connectivity index (χ2v) is 9.03. The van der Waals surface area contributed by atoms with Gasteiger partial charge in [-0.1, -0.05) is 29.8 Å². The standard InChI is InChI=1S/C27H27FN6O2/c1-18-4-6-19(7-5-18)17-34-24-23(3-2-14-29-24)32-25(26(34)35)33-15-12-22(13-16-33)31-27(36)30-21-10-8-20(28)9-11-21/h2-11,14,22H,12-13,15-17H2,1H3,(H2,30,31,36). The number of pyridine rings is 1. The van der Waals surface area contributed by atoms with E-state index in [1.54, 1.807) is 10.8 Å². The van der Waals surface area contributed by atoms with Crippen molar-refractivity contribution in [2.24, 2.45) is 0 Å². The number of piperidine rings is 1. The van der Waals surface area contributed by atoms with Crippen molar-refractivity contribution in [3.63, 3.8) is 0 Å². The van der Waals surface area contributed by atoms with Gasteiger partial charge in [0, 0.05) is 31.0 Å². The summed E-state index contributed by atoms with van der Waals surface area (Å²) in [5.41, 5.74) is 3.74. The van der Waals surface area contributed by atoms with E-state index in [0.29, 0.717) is 55.1 Å². The molecule has 0 spiro atoms. The molecule has 36 heavy (non-hydrogen) atoms. The predicted octanol–water partition coefficient (Wildman–Crippen LogP) is 4.08. The number of hydrogen-bond donors (Lipinski definition) is 2. The van der Waals surface area contributed by atoms with Crippen LogP contribution in [-0.4, -0.2) is 39.7 Å². The number of carbonyl (C=O) groups is 1. The van der Waals surface area contributed by atoms with E-state index in [-0.39, 0.29) is 23.4 Å². The number of amides is 2. The van der Waals surface area contributed by atoms with E-state index in [1.165, 1.54) is 24.3 Å². The Labute approximate surface area is 207 Å². The molecule has 9 heteroatoms. The third-order valence-electron chi connectivity index (χ3n) is 6.38. The monoisotopic (exact) mass is 486 g/mol. The molecule has 1 saturated heterocycles. The van der Waals surface area contributed by atoms with Crippen molar-refractivity contribution in [2.45, 2.75) is 32.4 Å². The Balaban J connectivity index is 1.30. The van der Waals surface area contributed by atoms with Gasteiger partial charge in [-0.3, -0.25) is 9.36 Å². The largest absolute Gasteiger partial charge is 0.352 e. The minimum absolute atomic E-state index is 0.0430. The maximum absolute atomic E-state index is 13.6. The molecule has 0 radical (unpaired) electrons. The SMILES string of the molecule is Cc1ccc(Cn2c(=O)c(N3CCC(NC(=O)Nc4ccc(F)cc4)CC3)nc3cccnc32)cc1. The van der Waals surface area contributed by atoms with Gasteiger partial charge in [0.25, 0.3) is 5.56 Å². The Morgan fingerprint density at radius 3 is 2.50 bits per heavy atom. The summed E-state index contributed by atoms with van der Waals surface area (Å²) in [6, 6.07) is 17.0. The lowest BCUT2D eigenvalue weighted by molar-refractivity contribution is 0.246. The van der Waals surface area contributed by atoms with E-state index < -0.39 is 0 Å². The van der Waals surface area contributed by atoms with Gasteiger partial charge in [0.2, 0.25) is 0 Å². The van der Waals surface area contributed by atoms with E-state index >= 15 is 0 Å². The molecular weight excluding hydrogens is 459 g/mol. The molecule has 3 heterocycles. The fourth-order valence-electron chi connectivity index (χ4n) is 4.41. The van der Waals surface area contributed by atoms with Crippen LogP contribution >= 0.6 is 0 Å². The summed E-state index contributed by atoms with van der Waals surface area (Å²) in [5.74, 6) is 0.0427. The van der Waals surface area contributed by atoms with E-state index in [0.717, 1.165) is 11.1 Å². The second kappa shape index (κ2) is 10.2. The van der Waals surface area contributed by atoms with Gasteiger partial charge in [-0.05, 0) is 61.7 Å². The topological polar surface area (TPSA) is 92.2 Å². The number of aromatic nitrogens is 3. The van der Waals surface area contributed by atoms with Gasteiger partial charge in [0.05, 0.1) is 6.54 Å². The Morgan fingerprint density at radius 2 is 1.78 bits per heavy atom. The Kier molecular flexibility index (Phi) is 6.62. The molecule has 0 saturated carbocycles. The predicted molar refractivity (Wildman–Crippen MR) is 138 cm³/mol. The van der Waals surface area contributed by atoms with Crippen LogP contribution in [0.1, 0.15) is 24.0 Å². The summed E-state index contributed by atoms with van der Waals surface area (Å²) < 4.78 is 14.8. The van der Waals surface area contributed by atoms with Gasteiger partial charge >= 0.3 is 6.03 Å². The zero-order chi connectivity index (χ0) is 25.1.